The van der Waals surface area contributed by atoms with Crippen LogP contribution in [0.1, 0.15) is 44.1 Å². The van der Waals surface area contributed by atoms with Crippen LogP contribution in [0.4, 0.5) is 5.69 Å². The van der Waals surface area contributed by atoms with Gasteiger partial charge in [0.15, 0.2) is 5.96 Å². The Labute approximate surface area is 170 Å². The molecule has 140 valence electrons. The van der Waals surface area contributed by atoms with Crippen molar-refractivity contribution in [2.75, 3.05) is 38.6 Å². The van der Waals surface area contributed by atoms with Crippen molar-refractivity contribution >= 4 is 35.6 Å². The maximum Gasteiger partial charge on any atom is 0.193 e. The number of rotatable bonds is 6. The summed E-state index contributed by atoms with van der Waals surface area (Å²) in [7, 11) is 3.99. The molecule has 25 heavy (non-hydrogen) atoms. The van der Waals surface area contributed by atoms with E-state index in [0.29, 0.717) is 0 Å². The maximum absolute atomic E-state index is 4.42. The number of nitrogens with zero attached hydrogens (tertiary/aromatic N) is 3. The first kappa shape index (κ1) is 20.3. The van der Waals surface area contributed by atoms with Crippen LogP contribution in [0.25, 0.3) is 0 Å². The minimum Gasteiger partial charge on any atom is -0.372 e. The molecular formula is C20H33IN4. The third-order valence-electron chi connectivity index (χ3n) is 5.18. The van der Waals surface area contributed by atoms with Crippen molar-refractivity contribution in [3.8, 4) is 0 Å². The predicted molar refractivity (Wildman–Crippen MR) is 118 cm³/mol. The van der Waals surface area contributed by atoms with Gasteiger partial charge in [0.2, 0.25) is 0 Å². The smallest absolute Gasteiger partial charge is 0.193 e. The largest absolute Gasteiger partial charge is 0.372 e. The average molecular weight is 456 g/mol. The third-order valence-corrected chi connectivity index (χ3v) is 5.18. The van der Waals surface area contributed by atoms with Crippen LogP contribution < -0.4 is 10.2 Å². The van der Waals surface area contributed by atoms with Crippen LogP contribution in [0, 0.1) is 5.92 Å². The van der Waals surface area contributed by atoms with Crippen molar-refractivity contribution in [2.24, 2.45) is 10.9 Å². The van der Waals surface area contributed by atoms with Gasteiger partial charge in [0.1, 0.15) is 0 Å². The van der Waals surface area contributed by atoms with E-state index in [1.165, 1.54) is 62.9 Å². The van der Waals surface area contributed by atoms with Gasteiger partial charge in [-0.3, -0.25) is 4.99 Å². The number of aliphatic imine (C=N–C) groups is 1. The van der Waals surface area contributed by atoms with Gasteiger partial charge in [-0.2, -0.15) is 0 Å². The summed E-state index contributed by atoms with van der Waals surface area (Å²) in [6.45, 7) is 4.34. The van der Waals surface area contributed by atoms with Crippen LogP contribution >= 0.6 is 24.0 Å². The van der Waals surface area contributed by atoms with Crippen molar-refractivity contribution in [3.63, 3.8) is 0 Å². The molecule has 2 fully saturated rings. The van der Waals surface area contributed by atoms with E-state index in [9.17, 15) is 0 Å². The molecule has 1 aromatic rings. The number of piperidine rings is 1. The molecule has 0 unspecified atom stereocenters. The summed E-state index contributed by atoms with van der Waals surface area (Å²) in [4.78, 5) is 9.14. The van der Waals surface area contributed by atoms with Crippen molar-refractivity contribution in [3.05, 3.63) is 29.8 Å². The highest BCUT2D eigenvalue weighted by molar-refractivity contribution is 14.0. The second-order valence-electron chi connectivity index (χ2n) is 7.28. The van der Waals surface area contributed by atoms with Crippen LogP contribution in [-0.4, -0.2) is 44.6 Å². The van der Waals surface area contributed by atoms with Gasteiger partial charge in [0.05, 0.1) is 0 Å². The number of hydrogen-bond donors (Lipinski definition) is 1. The van der Waals surface area contributed by atoms with Gasteiger partial charge in [-0.05, 0) is 49.3 Å². The Bertz CT molecular complexity index is 533. The number of hydrogen-bond acceptors (Lipinski definition) is 2. The molecule has 0 amide bonds. The van der Waals surface area contributed by atoms with Crippen LogP contribution in [0.3, 0.4) is 0 Å². The average Bonchev–Trinajstić information content (AvgIpc) is 3.44. The quantitative estimate of drug-likeness (QED) is 0.397. The zero-order valence-electron chi connectivity index (χ0n) is 15.7. The summed E-state index contributed by atoms with van der Waals surface area (Å²) >= 11 is 0. The van der Waals surface area contributed by atoms with Crippen molar-refractivity contribution < 1.29 is 0 Å². The Hall–Kier alpha value is -0.980. The monoisotopic (exact) mass is 456 g/mol. The summed E-state index contributed by atoms with van der Waals surface area (Å²) in [5, 5.41) is 3.49. The van der Waals surface area contributed by atoms with E-state index < -0.39 is 0 Å². The number of halogens is 1. The molecule has 1 saturated heterocycles. The molecule has 0 radical (unpaired) electrons. The van der Waals surface area contributed by atoms with Gasteiger partial charge < -0.3 is 15.1 Å². The van der Waals surface area contributed by atoms with Crippen LogP contribution in [-0.2, 0) is 6.54 Å². The lowest BCUT2D eigenvalue weighted by molar-refractivity contribution is 0.474. The van der Waals surface area contributed by atoms with Gasteiger partial charge >= 0.3 is 0 Å². The Kier molecular flexibility index (Phi) is 8.33. The van der Waals surface area contributed by atoms with Crippen molar-refractivity contribution in [2.45, 2.75) is 45.1 Å². The van der Waals surface area contributed by atoms with E-state index in [-0.39, 0.29) is 24.0 Å². The Morgan fingerprint density at radius 3 is 2.44 bits per heavy atom. The molecule has 1 aliphatic heterocycles. The Morgan fingerprint density at radius 2 is 1.84 bits per heavy atom. The molecule has 5 heteroatoms. The highest BCUT2D eigenvalue weighted by Gasteiger charge is 2.20. The lowest BCUT2D eigenvalue weighted by atomic mass is 10.1. The first-order valence-corrected chi connectivity index (χ1v) is 9.52. The number of benzene rings is 1. The normalized spacial score (nSPS) is 17.8. The highest BCUT2D eigenvalue weighted by Crippen LogP contribution is 2.31. The van der Waals surface area contributed by atoms with Crippen LogP contribution in [0.2, 0.25) is 0 Å². The Balaban J connectivity index is 0.00000225. The lowest BCUT2D eigenvalue weighted by Gasteiger charge is -2.29. The van der Waals surface area contributed by atoms with E-state index in [1.807, 2.05) is 7.05 Å². The molecule has 1 aromatic carbocycles. The molecule has 1 saturated carbocycles. The highest BCUT2D eigenvalue weighted by atomic mass is 127. The predicted octanol–water partition coefficient (Wildman–Crippen LogP) is 4.10. The van der Waals surface area contributed by atoms with Crippen LogP contribution in [0.15, 0.2) is 29.3 Å². The molecule has 1 N–H and O–H groups in total. The summed E-state index contributed by atoms with van der Waals surface area (Å²) in [6, 6.07) is 9.07. The zero-order valence-corrected chi connectivity index (χ0v) is 18.0. The van der Waals surface area contributed by atoms with Gasteiger partial charge in [-0.15, -0.1) is 24.0 Å². The summed E-state index contributed by atoms with van der Waals surface area (Å²) in [6.07, 6.45) is 8.14. The van der Waals surface area contributed by atoms with Crippen molar-refractivity contribution in [1.29, 1.82) is 0 Å². The molecule has 1 aliphatic carbocycles. The first-order valence-electron chi connectivity index (χ1n) is 9.52. The number of nitrogens with one attached hydrogen (secondary N) is 1. The van der Waals surface area contributed by atoms with E-state index in [0.717, 1.165) is 25.0 Å². The summed E-state index contributed by atoms with van der Waals surface area (Å²) in [5.74, 6) is 1.96. The molecule has 3 rings (SSSR count). The van der Waals surface area contributed by atoms with Crippen molar-refractivity contribution in [1.82, 2.24) is 10.2 Å². The third kappa shape index (κ3) is 6.35. The maximum atomic E-state index is 4.42. The minimum absolute atomic E-state index is 0. The van der Waals surface area contributed by atoms with E-state index in [2.05, 4.69) is 51.4 Å². The second-order valence-corrected chi connectivity index (χ2v) is 7.28. The van der Waals surface area contributed by atoms with E-state index >= 15 is 0 Å². The number of anilines is 1. The molecule has 1 heterocycles. The molecular weight excluding hydrogens is 423 g/mol. The fourth-order valence-corrected chi connectivity index (χ4v) is 3.49. The molecule has 0 aromatic heterocycles. The van der Waals surface area contributed by atoms with Gasteiger partial charge in [-0.1, -0.05) is 25.0 Å². The van der Waals surface area contributed by atoms with Gasteiger partial charge in [-0.25, -0.2) is 0 Å². The lowest BCUT2D eigenvalue weighted by Crippen LogP contribution is -2.39. The SMILES string of the molecule is CN=C(NCCC1CC1)N(C)Cc1ccc(N2CCCCC2)cc1.I. The van der Waals surface area contributed by atoms with Crippen LogP contribution in [0.5, 0.6) is 0 Å². The molecule has 0 bridgehead atoms. The zero-order chi connectivity index (χ0) is 16.8. The minimum atomic E-state index is 0. The van der Waals surface area contributed by atoms with Gasteiger partial charge in [0.25, 0.3) is 0 Å². The molecule has 2 aliphatic rings. The van der Waals surface area contributed by atoms with Gasteiger partial charge in [0, 0.05) is 46.0 Å². The molecule has 0 spiro atoms. The standard InChI is InChI=1S/C20H32N4.HI/c1-21-20(22-13-12-17-6-7-17)23(2)16-18-8-10-19(11-9-18)24-14-4-3-5-15-24;/h8-11,17H,3-7,12-16H2,1-2H3,(H,21,22);1H. The molecule has 0 atom stereocenters. The fourth-order valence-electron chi connectivity index (χ4n) is 3.49. The molecule has 4 nitrogen and oxygen atoms in total. The Morgan fingerprint density at radius 1 is 1.16 bits per heavy atom. The fraction of sp³-hybridized carbons (Fsp3) is 0.650. The topological polar surface area (TPSA) is 30.9 Å². The second kappa shape index (κ2) is 10.2. The van der Waals surface area contributed by atoms with E-state index in [4.69, 9.17) is 0 Å². The number of guanidine groups is 1. The summed E-state index contributed by atoms with van der Waals surface area (Å²) < 4.78 is 0. The summed E-state index contributed by atoms with van der Waals surface area (Å²) in [5.41, 5.74) is 2.71. The first-order chi connectivity index (χ1) is 11.8. The van der Waals surface area contributed by atoms with E-state index in [1.54, 1.807) is 0 Å².